The molecule has 0 aliphatic carbocycles. The van der Waals surface area contributed by atoms with Crippen molar-refractivity contribution in [3.05, 3.63) is 58.1 Å². The Bertz CT molecular complexity index is 749. The van der Waals surface area contributed by atoms with Crippen molar-refractivity contribution < 1.29 is 32.2 Å². The molecule has 1 heterocycles. The summed E-state index contributed by atoms with van der Waals surface area (Å²) < 4.78 is 56.1. The minimum atomic E-state index is -4.58. The summed E-state index contributed by atoms with van der Waals surface area (Å²) in [4.78, 5) is 14.3. The van der Waals surface area contributed by atoms with Crippen LogP contribution in [0.15, 0.2) is 30.3 Å². The zero-order valence-electron chi connectivity index (χ0n) is 11.2. The van der Waals surface area contributed by atoms with E-state index in [0.717, 1.165) is 24.3 Å². The number of hydrogen-bond acceptors (Lipinski definition) is 3. The van der Waals surface area contributed by atoms with Crippen molar-refractivity contribution in [3.63, 3.8) is 0 Å². The SMILES string of the molecule is O=C(O)c1nc(COc2ccc(C(F)(F)F)c(Cl)c2)ccc1F. The summed E-state index contributed by atoms with van der Waals surface area (Å²) >= 11 is 5.54. The van der Waals surface area contributed by atoms with Crippen LogP contribution in [0.3, 0.4) is 0 Å². The number of carbonyl (C=O) groups is 1. The number of carboxylic acids is 1. The zero-order valence-corrected chi connectivity index (χ0v) is 12.0. The third kappa shape index (κ3) is 4.10. The van der Waals surface area contributed by atoms with Gasteiger partial charge in [0, 0.05) is 0 Å². The maximum Gasteiger partial charge on any atom is 0.417 e. The molecule has 0 atom stereocenters. The van der Waals surface area contributed by atoms with Crippen molar-refractivity contribution in [1.82, 2.24) is 4.98 Å². The lowest BCUT2D eigenvalue weighted by Crippen LogP contribution is -2.08. The van der Waals surface area contributed by atoms with Gasteiger partial charge in [-0.15, -0.1) is 0 Å². The van der Waals surface area contributed by atoms with Crippen LogP contribution in [0.25, 0.3) is 0 Å². The lowest BCUT2D eigenvalue weighted by Gasteiger charge is -2.11. The summed E-state index contributed by atoms with van der Waals surface area (Å²) in [7, 11) is 0. The number of nitrogens with zero attached hydrogens (tertiary/aromatic N) is 1. The molecule has 1 aromatic carbocycles. The highest BCUT2D eigenvalue weighted by atomic mass is 35.5. The van der Waals surface area contributed by atoms with E-state index in [1.54, 1.807) is 0 Å². The molecule has 122 valence electrons. The summed E-state index contributed by atoms with van der Waals surface area (Å²) in [6.07, 6.45) is -4.58. The van der Waals surface area contributed by atoms with Gasteiger partial charge in [0.1, 0.15) is 12.4 Å². The minimum absolute atomic E-state index is 0.0333. The van der Waals surface area contributed by atoms with E-state index in [1.807, 2.05) is 0 Å². The Balaban J connectivity index is 2.14. The molecule has 2 aromatic rings. The Morgan fingerprint density at radius 3 is 2.52 bits per heavy atom. The predicted molar refractivity (Wildman–Crippen MR) is 71.9 cm³/mol. The van der Waals surface area contributed by atoms with Gasteiger partial charge in [-0.2, -0.15) is 13.2 Å². The van der Waals surface area contributed by atoms with E-state index in [1.165, 1.54) is 6.07 Å². The van der Waals surface area contributed by atoms with Gasteiger partial charge < -0.3 is 9.84 Å². The zero-order chi connectivity index (χ0) is 17.2. The van der Waals surface area contributed by atoms with Gasteiger partial charge in [-0.25, -0.2) is 14.2 Å². The Kier molecular flexibility index (Phi) is 4.74. The van der Waals surface area contributed by atoms with Crippen molar-refractivity contribution in [2.75, 3.05) is 0 Å². The fourth-order valence-electron chi connectivity index (χ4n) is 1.69. The molecule has 9 heteroatoms. The molecule has 0 aliphatic heterocycles. The lowest BCUT2D eigenvalue weighted by molar-refractivity contribution is -0.137. The Morgan fingerprint density at radius 1 is 1.26 bits per heavy atom. The average molecular weight is 350 g/mol. The maximum atomic E-state index is 13.2. The number of pyridine rings is 1. The van der Waals surface area contributed by atoms with Gasteiger partial charge >= 0.3 is 12.1 Å². The minimum Gasteiger partial charge on any atom is -0.487 e. The predicted octanol–water partition coefficient (Wildman–Crippen LogP) is 4.17. The maximum absolute atomic E-state index is 13.2. The van der Waals surface area contributed by atoms with E-state index in [9.17, 15) is 22.4 Å². The molecule has 0 saturated heterocycles. The second-order valence-electron chi connectivity index (χ2n) is 4.37. The van der Waals surface area contributed by atoms with Crippen LogP contribution >= 0.6 is 11.6 Å². The molecular weight excluding hydrogens is 342 g/mol. The molecule has 1 aromatic heterocycles. The summed E-state index contributed by atoms with van der Waals surface area (Å²) in [5, 5.41) is 8.22. The second-order valence-corrected chi connectivity index (χ2v) is 4.77. The van der Waals surface area contributed by atoms with E-state index in [2.05, 4.69) is 4.98 Å². The van der Waals surface area contributed by atoms with Gasteiger partial charge in [-0.3, -0.25) is 0 Å². The number of benzene rings is 1. The number of alkyl halides is 3. The van der Waals surface area contributed by atoms with E-state index >= 15 is 0 Å². The molecule has 0 unspecified atom stereocenters. The lowest BCUT2D eigenvalue weighted by atomic mass is 10.2. The van der Waals surface area contributed by atoms with Crippen molar-refractivity contribution >= 4 is 17.6 Å². The third-order valence-electron chi connectivity index (χ3n) is 2.74. The monoisotopic (exact) mass is 349 g/mol. The fraction of sp³-hybridized carbons (Fsp3) is 0.143. The highest BCUT2D eigenvalue weighted by Gasteiger charge is 2.33. The highest BCUT2D eigenvalue weighted by molar-refractivity contribution is 6.31. The van der Waals surface area contributed by atoms with Crippen LogP contribution in [0.2, 0.25) is 5.02 Å². The first kappa shape index (κ1) is 17.0. The third-order valence-corrected chi connectivity index (χ3v) is 3.05. The van der Waals surface area contributed by atoms with Crippen molar-refractivity contribution in [3.8, 4) is 5.75 Å². The van der Waals surface area contributed by atoms with Gasteiger partial charge in [-0.05, 0) is 30.3 Å². The van der Waals surface area contributed by atoms with Crippen LogP contribution in [-0.2, 0) is 12.8 Å². The average Bonchev–Trinajstić information content (AvgIpc) is 2.44. The number of aromatic nitrogens is 1. The molecular formula is C14H8ClF4NO3. The molecule has 0 fully saturated rings. The normalized spacial score (nSPS) is 11.3. The van der Waals surface area contributed by atoms with Crippen LogP contribution in [0.1, 0.15) is 21.7 Å². The molecule has 23 heavy (non-hydrogen) atoms. The second kappa shape index (κ2) is 6.41. The smallest absolute Gasteiger partial charge is 0.417 e. The van der Waals surface area contributed by atoms with Gasteiger partial charge in [0.05, 0.1) is 16.3 Å². The van der Waals surface area contributed by atoms with Crippen LogP contribution < -0.4 is 4.74 Å². The van der Waals surface area contributed by atoms with Crippen LogP contribution in [0.5, 0.6) is 5.75 Å². The van der Waals surface area contributed by atoms with Crippen LogP contribution in [0.4, 0.5) is 17.6 Å². The first-order valence-electron chi connectivity index (χ1n) is 6.06. The van der Waals surface area contributed by atoms with Crippen molar-refractivity contribution in [1.29, 1.82) is 0 Å². The van der Waals surface area contributed by atoms with E-state index in [-0.39, 0.29) is 18.1 Å². The molecule has 0 amide bonds. The van der Waals surface area contributed by atoms with E-state index < -0.39 is 34.2 Å². The topological polar surface area (TPSA) is 59.4 Å². The summed E-state index contributed by atoms with van der Waals surface area (Å²) in [6.45, 7) is -0.262. The molecule has 0 saturated carbocycles. The fourth-order valence-corrected chi connectivity index (χ4v) is 1.96. The molecule has 1 N–H and O–H groups in total. The molecule has 0 radical (unpaired) electrons. The number of carboxylic acid groups (broad SMARTS) is 1. The quantitative estimate of drug-likeness (QED) is 0.842. The van der Waals surface area contributed by atoms with Gasteiger partial charge in [-0.1, -0.05) is 11.6 Å². The van der Waals surface area contributed by atoms with E-state index in [4.69, 9.17) is 21.4 Å². The number of rotatable bonds is 4. The largest absolute Gasteiger partial charge is 0.487 e. The van der Waals surface area contributed by atoms with E-state index in [0.29, 0.717) is 0 Å². The standard InChI is InChI=1S/C14H8ClF4NO3/c15-10-5-8(2-3-9(10)14(17,18)19)23-6-7-1-4-11(16)12(20-7)13(21)22/h1-5H,6H2,(H,21,22). The summed E-state index contributed by atoms with van der Waals surface area (Å²) in [5.41, 5.74) is -1.67. The molecule has 0 bridgehead atoms. The van der Waals surface area contributed by atoms with Crippen molar-refractivity contribution in [2.24, 2.45) is 0 Å². The molecule has 2 rings (SSSR count). The Labute approximate surface area is 132 Å². The first-order chi connectivity index (χ1) is 10.7. The van der Waals surface area contributed by atoms with Crippen molar-refractivity contribution in [2.45, 2.75) is 12.8 Å². The summed E-state index contributed by atoms with van der Waals surface area (Å²) in [6, 6.07) is 4.92. The molecule has 4 nitrogen and oxygen atoms in total. The molecule has 0 spiro atoms. The number of aromatic carboxylic acids is 1. The Morgan fingerprint density at radius 2 is 1.96 bits per heavy atom. The van der Waals surface area contributed by atoms with Crippen LogP contribution in [0, 0.1) is 5.82 Å². The van der Waals surface area contributed by atoms with Gasteiger partial charge in [0.25, 0.3) is 0 Å². The molecule has 0 aliphatic rings. The summed E-state index contributed by atoms with van der Waals surface area (Å²) in [5.74, 6) is -2.51. The van der Waals surface area contributed by atoms with Gasteiger partial charge in [0.15, 0.2) is 11.5 Å². The number of halogens is 5. The van der Waals surface area contributed by atoms with Gasteiger partial charge in [0.2, 0.25) is 0 Å². The first-order valence-corrected chi connectivity index (χ1v) is 6.44. The van der Waals surface area contributed by atoms with Crippen LogP contribution in [-0.4, -0.2) is 16.1 Å². The highest BCUT2D eigenvalue weighted by Crippen LogP contribution is 2.36. The number of hydrogen-bond donors (Lipinski definition) is 1. The Hall–Kier alpha value is -2.35. The number of ether oxygens (including phenoxy) is 1.